The van der Waals surface area contributed by atoms with Crippen LogP contribution in [0.1, 0.15) is 23.0 Å². The lowest BCUT2D eigenvalue weighted by Crippen LogP contribution is -2.53. The third kappa shape index (κ3) is 4.32. The second kappa shape index (κ2) is 8.05. The smallest absolute Gasteiger partial charge is 0.272 e. The predicted molar refractivity (Wildman–Crippen MR) is 93.2 cm³/mol. The van der Waals surface area contributed by atoms with Gasteiger partial charge in [-0.1, -0.05) is 6.92 Å². The summed E-state index contributed by atoms with van der Waals surface area (Å²) in [5.74, 6) is 0.0250. The van der Waals surface area contributed by atoms with Crippen molar-refractivity contribution in [3.8, 4) is 0 Å². The Labute approximate surface area is 144 Å². The highest BCUT2D eigenvalue weighted by Crippen LogP contribution is 2.13. The topological polar surface area (TPSA) is 48.9 Å². The van der Waals surface area contributed by atoms with Gasteiger partial charge in [-0.2, -0.15) is 0 Å². The Bertz CT molecular complexity index is 558. The fraction of sp³-hybridized carbons (Fsp3) is 0.667. The normalized spacial score (nSPS) is 23.4. The molecule has 2 aliphatic heterocycles. The number of rotatable bonds is 4. The van der Waals surface area contributed by atoms with Crippen LogP contribution in [0.25, 0.3) is 0 Å². The molecule has 1 unspecified atom stereocenters. The number of amides is 1. The van der Waals surface area contributed by atoms with Gasteiger partial charge in [-0.3, -0.25) is 14.7 Å². The lowest BCUT2D eigenvalue weighted by Gasteiger charge is -2.38. The van der Waals surface area contributed by atoms with E-state index in [0.717, 1.165) is 44.7 Å². The van der Waals surface area contributed by atoms with E-state index in [1.807, 2.05) is 17.0 Å². The lowest BCUT2D eigenvalue weighted by atomic mass is 10.1. The number of likely N-dealkylation sites (N-methyl/N-ethyl adjacent to an activating group) is 1. The fourth-order valence-electron chi connectivity index (χ4n) is 3.31. The molecule has 1 amide bonds. The molecule has 2 fully saturated rings. The molecular weight excluding hydrogens is 304 g/mol. The predicted octanol–water partition coefficient (Wildman–Crippen LogP) is 0.732. The largest absolute Gasteiger partial charge is 0.373 e. The minimum absolute atomic E-state index is 0.0250. The monoisotopic (exact) mass is 332 g/mol. The molecule has 1 aromatic rings. The molecule has 0 radical (unpaired) electrons. The number of carbonyl (C=O) groups excluding carboxylic acids is 1. The summed E-state index contributed by atoms with van der Waals surface area (Å²) in [6.07, 6.45) is 2.74. The van der Waals surface area contributed by atoms with E-state index in [-0.39, 0.29) is 12.0 Å². The highest BCUT2D eigenvalue weighted by Gasteiger charge is 2.28. The molecule has 0 aromatic carbocycles. The molecule has 0 N–H and O–H groups in total. The van der Waals surface area contributed by atoms with Gasteiger partial charge in [0.15, 0.2) is 0 Å². The summed E-state index contributed by atoms with van der Waals surface area (Å²) < 4.78 is 5.90. The van der Waals surface area contributed by atoms with Crippen LogP contribution in [0.15, 0.2) is 18.3 Å². The van der Waals surface area contributed by atoms with Crippen LogP contribution in [-0.2, 0) is 11.2 Å². The number of hydrogen-bond donors (Lipinski definition) is 0. The lowest BCUT2D eigenvalue weighted by molar-refractivity contribution is -0.0401. The van der Waals surface area contributed by atoms with Gasteiger partial charge < -0.3 is 14.5 Å². The second-order valence-electron chi connectivity index (χ2n) is 6.75. The summed E-state index contributed by atoms with van der Waals surface area (Å²) in [6.45, 7) is 9.25. The van der Waals surface area contributed by atoms with Crippen molar-refractivity contribution in [2.75, 3.05) is 59.5 Å². The van der Waals surface area contributed by atoms with Crippen molar-refractivity contribution < 1.29 is 9.53 Å². The van der Waals surface area contributed by atoms with Crippen molar-refractivity contribution in [2.24, 2.45) is 0 Å². The summed E-state index contributed by atoms with van der Waals surface area (Å²) in [5.41, 5.74) is 1.70. The van der Waals surface area contributed by atoms with E-state index < -0.39 is 0 Å². The maximum Gasteiger partial charge on any atom is 0.272 e. The molecule has 0 bridgehead atoms. The number of aryl methyl sites for hydroxylation is 1. The Morgan fingerprint density at radius 1 is 1.29 bits per heavy atom. The van der Waals surface area contributed by atoms with Gasteiger partial charge in [0.05, 0.1) is 12.7 Å². The number of carbonyl (C=O) groups is 1. The Morgan fingerprint density at radius 3 is 2.83 bits per heavy atom. The van der Waals surface area contributed by atoms with E-state index in [1.165, 1.54) is 0 Å². The average molecular weight is 332 g/mol. The number of pyridine rings is 1. The van der Waals surface area contributed by atoms with Crippen molar-refractivity contribution in [2.45, 2.75) is 19.4 Å². The van der Waals surface area contributed by atoms with Crippen LogP contribution in [0.4, 0.5) is 0 Å². The molecule has 3 rings (SSSR count). The number of hydrogen-bond acceptors (Lipinski definition) is 5. The Balaban J connectivity index is 1.57. The van der Waals surface area contributed by atoms with Crippen molar-refractivity contribution in [3.63, 3.8) is 0 Å². The number of piperazine rings is 1. The van der Waals surface area contributed by atoms with Gasteiger partial charge in [0.1, 0.15) is 5.69 Å². The first kappa shape index (κ1) is 17.3. The number of nitrogens with zero attached hydrogens (tertiary/aromatic N) is 4. The first-order chi connectivity index (χ1) is 11.7. The van der Waals surface area contributed by atoms with Crippen molar-refractivity contribution in [1.82, 2.24) is 19.7 Å². The quantitative estimate of drug-likeness (QED) is 0.814. The zero-order valence-electron chi connectivity index (χ0n) is 14.8. The van der Waals surface area contributed by atoms with E-state index in [2.05, 4.69) is 28.8 Å². The van der Waals surface area contributed by atoms with Crippen molar-refractivity contribution in [1.29, 1.82) is 0 Å². The molecule has 2 aliphatic rings. The molecule has 1 atom stereocenters. The summed E-state index contributed by atoms with van der Waals surface area (Å²) in [7, 11) is 2.16. The first-order valence-corrected chi connectivity index (χ1v) is 8.92. The highest BCUT2D eigenvalue weighted by molar-refractivity contribution is 5.92. The molecule has 3 heterocycles. The van der Waals surface area contributed by atoms with Gasteiger partial charge in [-0.05, 0) is 31.2 Å². The minimum Gasteiger partial charge on any atom is -0.373 e. The molecule has 0 saturated carbocycles. The number of ether oxygens (including phenoxy) is 1. The molecule has 0 aliphatic carbocycles. The fourth-order valence-corrected chi connectivity index (χ4v) is 3.31. The molecule has 1 aromatic heterocycles. The summed E-state index contributed by atoms with van der Waals surface area (Å²) in [5, 5.41) is 0. The van der Waals surface area contributed by atoms with Crippen LogP contribution < -0.4 is 0 Å². The van der Waals surface area contributed by atoms with Crippen LogP contribution in [-0.4, -0.2) is 91.2 Å². The van der Waals surface area contributed by atoms with Crippen LogP contribution in [0.5, 0.6) is 0 Å². The van der Waals surface area contributed by atoms with Crippen LogP contribution >= 0.6 is 0 Å². The number of aromatic nitrogens is 1. The van der Waals surface area contributed by atoms with Gasteiger partial charge in [0.25, 0.3) is 5.91 Å². The van der Waals surface area contributed by atoms with Gasteiger partial charge in [-0.25, -0.2) is 0 Å². The zero-order chi connectivity index (χ0) is 16.9. The van der Waals surface area contributed by atoms with Crippen LogP contribution in [0, 0.1) is 0 Å². The van der Waals surface area contributed by atoms with E-state index in [4.69, 9.17) is 4.74 Å². The van der Waals surface area contributed by atoms with Crippen molar-refractivity contribution >= 4 is 5.91 Å². The maximum absolute atomic E-state index is 12.7. The van der Waals surface area contributed by atoms with Gasteiger partial charge in [0.2, 0.25) is 0 Å². The SMILES string of the molecule is CCc1ccnc(C(=O)N2CCOC(CN3CCN(C)CC3)C2)c1. The van der Waals surface area contributed by atoms with Crippen LogP contribution in [0.3, 0.4) is 0 Å². The Morgan fingerprint density at radius 2 is 2.08 bits per heavy atom. The summed E-state index contributed by atoms with van der Waals surface area (Å²) >= 11 is 0. The number of morpholine rings is 1. The third-order valence-electron chi connectivity index (χ3n) is 4.94. The van der Waals surface area contributed by atoms with Gasteiger partial charge in [0, 0.05) is 52.0 Å². The first-order valence-electron chi connectivity index (χ1n) is 8.92. The molecule has 132 valence electrons. The summed E-state index contributed by atoms with van der Waals surface area (Å²) in [4.78, 5) is 23.7. The maximum atomic E-state index is 12.7. The standard InChI is InChI=1S/C18H28N4O2/c1-3-15-4-5-19-17(12-15)18(23)22-10-11-24-16(14-22)13-21-8-6-20(2)7-9-21/h4-5,12,16H,3,6-11,13-14H2,1-2H3. The summed E-state index contributed by atoms with van der Waals surface area (Å²) in [6, 6.07) is 3.87. The van der Waals surface area contributed by atoms with Crippen LogP contribution in [0.2, 0.25) is 0 Å². The second-order valence-corrected chi connectivity index (χ2v) is 6.75. The Hall–Kier alpha value is -1.50. The zero-order valence-corrected chi connectivity index (χ0v) is 14.8. The van der Waals surface area contributed by atoms with E-state index in [1.54, 1.807) is 6.20 Å². The molecular formula is C18H28N4O2. The molecule has 6 nitrogen and oxygen atoms in total. The molecule has 0 spiro atoms. The third-order valence-corrected chi connectivity index (χ3v) is 4.94. The van der Waals surface area contributed by atoms with Gasteiger partial charge in [-0.15, -0.1) is 0 Å². The molecule has 24 heavy (non-hydrogen) atoms. The van der Waals surface area contributed by atoms with E-state index in [9.17, 15) is 4.79 Å². The molecule has 6 heteroatoms. The Kier molecular flexibility index (Phi) is 5.81. The van der Waals surface area contributed by atoms with Gasteiger partial charge >= 0.3 is 0 Å². The minimum atomic E-state index is 0.0250. The average Bonchev–Trinajstić information content (AvgIpc) is 2.63. The van der Waals surface area contributed by atoms with E-state index >= 15 is 0 Å². The highest BCUT2D eigenvalue weighted by atomic mass is 16.5. The van der Waals surface area contributed by atoms with E-state index in [0.29, 0.717) is 25.4 Å². The molecule has 2 saturated heterocycles. The van der Waals surface area contributed by atoms with Crippen molar-refractivity contribution in [3.05, 3.63) is 29.6 Å².